The molecule has 1 unspecified atom stereocenters. The standard InChI is InChI=1S/C24H18N2O5/c1-15-6-8-18(29-13-16-7-9-20-22(10-16)30-14-26-20)11-19(15)23(24(27)28)31-21-5-3-2-4-17(21)12-25/h2-11,14,23H,13H2,1H3,(H,27,28). The van der Waals surface area contributed by atoms with Crippen LogP contribution in [0.4, 0.5) is 0 Å². The summed E-state index contributed by atoms with van der Waals surface area (Å²) in [6.45, 7) is 2.07. The van der Waals surface area contributed by atoms with E-state index in [0.717, 1.165) is 16.6 Å². The maximum atomic E-state index is 12.0. The van der Waals surface area contributed by atoms with Gasteiger partial charge in [-0.15, -0.1) is 0 Å². The van der Waals surface area contributed by atoms with Crippen LogP contribution in [0.2, 0.25) is 0 Å². The number of aryl methyl sites for hydroxylation is 1. The summed E-state index contributed by atoms with van der Waals surface area (Å²) >= 11 is 0. The van der Waals surface area contributed by atoms with Crippen molar-refractivity contribution in [2.75, 3.05) is 0 Å². The van der Waals surface area contributed by atoms with Crippen molar-refractivity contribution in [3.05, 3.63) is 89.3 Å². The highest BCUT2D eigenvalue weighted by atomic mass is 16.5. The molecule has 0 amide bonds. The van der Waals surface area contributed by atoms with Gasteiger partial charge in [-0.25, -0.2) is 9.78 Å². The number of aromatic nitrogens is 1. The quantitative estimate of drug-likeness (QED) is 0.463. The molecule has 0 fully saturated rings. The number of carboxylic acid groups (broad SMARTS) is 1. The number of carbonyl (C=O) groups is 1. The highest BCUT2D eigenvalue weighted by Gasteiger charge is 2.25. The van der Waals surface area contributed by atoms with E-state index in [2.05, 4.69) is 4.98 Å². The number of rotatable bonds is 7. The zero-order chi connectivity index (χ0) is 21.8. The van der Waals surface area contributed by atoms with Crippen LogP contribution in [0.3, 0.4) is 0 Å². The fraction of sp³-hybridized carbons (Fsp3) is 0.125. The van der Waals surface area contributed by atoms with E-state index in [1.807, 2.05) is 24.3 Å². The van der Waals surface area contributed by atoms with E-state index in [0.29, 0.717) is 16.9 Å². The smallest absolute Gasteiger partial charge is 0.349 e. The number of aliphatic carboxylic acids is 1. The third-order valence-corrected chi connectivity index (χ3v) is 4.81. The van der Waals surface area contributed by atoms with Gasteiger partial charge in [0.15, 0.2) is 12.0 Å². The van der Waals surface area contributed by atoms with Gasteiger partial charge in [-0.05, 0) is 54.4 Å². The SMILES string of the molecule is Cc1ccc(OCc2ccc3ncoc3c2)cc1C(Oc1ccccc1C#N)C(=O)O. The Hall–Kier alpha value is -4.31. The Morgan fingerprint density at radius 3 is 2.84 bits per heavy atom. The topological polar surface area (TPSA) is 106 Å². The molecule has 4 rings (SSSR count). The first kappa shape index (κ1) is 20.0. The summed E-state index contributed by atoms with van der Waals surface area (Å²) in [4.78, 5) is 16.1. The predicted octanol–water partition coefficient (Wildman–Crippen LogP) is 4.79. The fourth-order valence-electron chi connectivity index (χ4n) is 3.18. The Morgan fingerprint density at radius 2 is 2.03 bits per heavy atom. The van der Waals surface area contributed by atoms with Gasteiger partial charge in [0.1, 0.15) is 29.7 Å². The van der Waals surface area contributed by atoms with Gasteiger partial charge in [-0.3, -0.25) is 0 Å². The van der Waals surface area contributed by atoms with Crippen molar-refractivity contribution in [3.8, 4) is 17.6 Å². The molecule has 0 spiro atoms. The Balaban J connectivity index is 1.57. The van der Waals surface area contributed by atoms with Crippen molar-refractivity contribution < 1.29 is 23.8 Å². The van der Waals surface area contributed by atoms with Crippen molar-refractivity contribution in [1.82, 2.24) is 4.98 Å². The van der Waals surface area contributed by atoms with Crippen LogP contribution in [-0.2, 0) is 11.4 Å². The molecular formula is C24H18N2O5. The Kier molecular flexibility index (Phi) is 5.54. The van der Waals surface area contributed by atoms with Crippen LogP contribution in [0, 0.1) is 18.3 Å². The number of hydrogen-bond acceptors (Lipinski definition) is 6. The molecule has 7 heteroatoms. The molecule has 1 aromatic heterocycles. The zero-order valence-electron chi connectivity index (χ0n) is 16.6. The summed E-state index contributed by atoms with van der Waals surface area (Å²) in [5.41, 5.74) is 3.77. The van der Waals surface area contributed by atoms with Crippen LogP contribution < -0.4 is 9.47 Å². The van der Waals surface area contributed by atoms with E-state index in [9.17, 15) is 15.2 Å². The van der Waals surface area contributed by atoms with Gasteiger partial charge in [-0.2, -0.15) is 5.26 Å². The molecule has 1 N–H and O–H groups in total. The molecular weight excluding hydrogens is 396 g/mol. The molecule has 0 aliphatic carbocycles. The average Bonchev–Trinajstić information content (AvgIpc) is 3.25. The molecule has 0 aliphatic rings. The summed E-state index contributed by atoms with van der Waals surface area (Å²) in [5.74, 6) is -0.450. The van der Waals surface area contributed by atoms with Crippen molar-refractivity contribution in [2.24, 2.45) is 0 Å². The highest BCUT2D eigenvalue weighted by molar-refractivity contribution is 5.76. The summed E-state index contributed by atoms with van der Waals surface area (Å²) < 4.78 is 16.9. The van der Waals surface area contributed by atoms with E-state index in [4.69, 9.17) is 13.9 Å². The van der Waals surface area contributed by atoms with E-state index in [1.165, 1.54) is 6.39 Å². The van der Waals surface area contributed by atoms with Crippen LogP contribution >= 0.6 is 0 Å². The number of ether oxygens (including phenoxy) is 2. The monoisotopic (exact) mass is 414 g/mol. The maximum Gasteiger partial charge on any atom is 0.349 e. The minimum Gasteiger partial charge on any atom is -0.489 e. The van der Waals surface area contributed by atoms with Gasteiger partial charge in [0.2, 0.25) is 6.10 Å². The third kappa shape index (κ3) is 4.33. The minimum absolute atomic E-state index is 0.212. The zero-order valence-corrected chi connectivity index (χ0v) is 16.6. The number of nitriles is 1. The first-order chi connectivity index (χ1) is 15.0. The number of para-hydroxylation sites is 1. The van der Waals surface area contributed by atoms with E-state index in [-0.39, 0.29) is 17.9 Å². The fourth-order valence-corrected chi connectivity index (χ4v) is 3.18. The molecule has 1 heterocycles. The molecule has 0 saturated carbocycles. The lowest BCUT2D eigenvalue weighted by molar-refractivity contribution is -0.145. The Bertz CT molecular complexity index is 1290. The Morgan fingerprint density at radius 1 is 1.19 bits per heavy atom. The van der Waals surface area contributed by atoms with Crippen molar-refractivity contribution in [1.29, 1.82) is 5.26 Å². The Labute approximate surface area is 178 Å². The first-order valence-corrected chi connectivity index (χ1v) is 9.49. The number of oxazole rings is 1. The highest BCUT2D eigenvalue weighted by Crippen LogP contribution is 2.30. The molecule has 31 heavy (non-hydrogen) atoms. The number of hydrogen-bond donors (Lipinski definition) is 1. The third-order valence-electron chi connectivity index (χ3n) is 4.81. The van der Waals surface area contributed by atoms with Crippen LogP contribution in [0.15, 0.2) is 71.5 Å². The van der Waals surface area contributed by atoms with Crippen LogP contribution in [-0.4, -0.2) is 16.1 Å². The van der Waals surface area contributed by atoms with Crippen molar-refractivity contribution >= 4 is 17.1 Å². The molecule has 0 aliphatic heterocycles. The number of fused-ring (bicyclic) bond motifs is 1. The molecule has 7 nitrogen and oxygen atoms in total. The van der Waals surface area contributed by atoms with Crippen LogP contribution in [0.1, 0.15) is 28.4 Å². The summed E-state index contributed by atoms with van der Waals surface area (Å²) in [7, 11) is 0. The second-order valence-corrected chi connectivity index (χ2v) is 6.91. The van der Waals surface area contributed by atoms with E-state index < -0.39 is 12.1 Å². The van der Waals surface area contributed by atoms with Crippen LogP contribution in [0.25, 0.3) is 11.1 Å². The van der Waals surface area contributed by atoms with Gasteiger partial charge in [0.25, 0.3) is 0 Å². The van der Waals surface area contributed by atoms with E-state index >= 15 is 0 Å². The average molecular weight is 414 g/mol. The normalized spacial score (nSPS) is 11.6. The summed E-state index contributed by atoms with van der Waals surface area (Å²) in [5, 5.41) is 19.1. The van der Waals surface area contributed by atoms with Gasteiger partial charge in [0.05, 0.1) is 5.56 Å². The lowest BCUT2D eigenvalue weighted by Gasteiger charge is -2.19. The molecule has 0 saturated heterocycles. The van der Waals surface area contributed by atoms with Gasteiger partial charge < -0.3 is 19.0 Å². The second kappa shape index (κ2) is 8.59. The van der Waals surface area contributed by atoms with Crippen LogP contribution in [0.5, 0.6) is 11.5 Å². The molecule has 0 radical (unpaired) electrons. The molecule has 1 atom stereocenters. The molecule has 0 bridgehead atoms. The molecule has 154 valence electrons. The molecule has 4 aromatic rings. The molecule has 3 aromatic carbocycles. The minimum atomic E-state index is -1.29. The van der Waals surface area contributed by atoms with Crippen molar-refractivity contribution in [2.45, 2.75) is 19.6 Å². The van der Waals surface area contributed by atoms with Crippen molar-refractivity contribution in [3.63, 3.8) is 0 Å². The summed E-state index contributed by atoms with van der Waals surface area (Å²) in [6, 6.07) is 19.3. The lowest BCUT2D eigenvalue weighted by Crippen LogP contribution is -2.19. The van der Waals surface area contributed by atoms with Gasteiger partial charge >= 0.3 is 5.97 Å². The largest absolute Gasteiger partial charge is 0.489 e. The predicted molar refractivity (Wildman–Crippen MR) is 112 cm³/mol. The van der Waals surface area contributed by atoms with Gasteiger partial charge in [-0.1, -0.05) is 24.3 Å². The van der Waals surface area contributed by atoms with Gasteiger partial charge in [0, 0.05) is 5.56 Å². The second-order valence-electron chi connectivity index (χ2n) is 6.91. The van der Waals surface area contributed by atoms with E-state index in [1.54, 1.807) is 49.4 Å². The number of nitrogens with zero attached hydrogens (tertiary/aromatic N) is 2. The number of benzene rings is 3. The lowest BCUT2D eigenvalue weighted by atomic mass is 10.0. The number of carboxylic acids is 1. The first-order valence-electron chi connectivity index (χ1n) is 9.49. The summed E-state index contributed by atoms with van der Waals surface area (Å²) in [6.07, 6.45) is 0.0986. The maximum absolute atomic E-state index is 12.0.